The molecule has 2 aromatic carbocycles. The molecule has 4 nitrogen and oxygen atoms in total. The van der Waals surface area contributed by atoms with E-state index in [1.54, 1.807) is 25.3 Å². The zero-order chi connectivity index (χ0) is 17.7. The highest BCUT2D eigenvalue weighted by Crippen LogP contribution is 2.28. The van der Waals surface area contributed by atoms with Crippen molar-refractivity contribution in [2.75, 3.05) is 12.4 Å². The Morgan fingerprint density at radius 1 is 1.17 bits per heavy atom. The smallest absolute Gasteiger partial charge is 0.265 e. The second kappa shape index (κ2) is 8.06. The summed E-state index contributed by atoms with van der Waals surface area (Å²) in [6, 6.07) is 11.0. The maximum absolute atomic E-state index is 12.6. The van der Waals surface area contributed by atoms with Gasteiger partial charge < -0.3 is 14.8 Å². The first-order valence-corrected chi connectivity index (χ1v) is 8.20. The van der Waals surface area contributed by atoms with Gasteiger partial charge in [0.05, 0.1) is 12.8 Å². The van der Waals surface area contributed by atoms with Gasteiger partial charge in [-0.1, -0.05) is 36.2 Å². The van der Waals surface area contributed by atoms with E-state index in [2.05, 4.69) is 5.32 Å². The lowest BCUT2D eigenvalue weighted by Gasteiger charge is -2.19. The first-order valence-electron chi connectivity index (χ1n) is 7.83. The van der Waals surface area contributed by atoms with Crippen LogP contribution in [0.4, 0.5) is 5.69 Å². The summed E-state index contributed by atoms with van der Waals surface area (Å²) in [5.41, 5.74) is 2.68. The summed E-state index contributed by atoms with van der Waals surface area (Å²) < 4.78 is 11.2. The number of methoxy groups -OCH3 is 1. The zero-order valence-electron chi connectivity index (χ0n) is 14.4. The Balaban J connectivity index is 2.16. The van der Waals surface area contributed by atoms with E-state index in [1.807, 2.05) is 39.0 Å². The number of amides is 1. The highest BCUT2D eigenvalue weighted by atomic mass is 35.5. The summed E-state index contributed by atoms with van der Waals surface area (Å²) in [7, 11) is 1.54. The van der Waals surface area contributed by atoms with Gasteiger partial charge in [0.25, 0.3) is 5.91 Å². The van der Waals surface area contributed by atoms with Crippen molar-refractivity contribution in [2.24, 2.45) is 0 Å². The van der Waals surface area contributed by atoms with Gasteiger partial charge >= 0.3 is 0 Å². The molecule has 24 heavy (non-hydrogen) atoms. The number of halogens is 1. The molecular weight excluding hydrogens is 326 g/mol. The minimum absolute atomic E-state index is 0.238. The van der Waals surface area contributed by atoms with Gasteiger partial charge in [0.15, 0.2) is 6.10 Å². The van der Waals surface area contributed by atoms with Crippen LogP contribution in [0.1, 0.15) is 24.5 Å². The predicted molar refractivity (Wildman–Crippen MR) is 97.3 cm³/mol. The van der Waals surface area contributed by atoms with Crippen molar-refractivity contribution in [3.8, 4) is 11.5 Å². The Bertz CT molecular complexity index is 731. The molecule has 0 fully saturated rings. The lowest BCUT2D eigenvalue weighted by atomic mass is 10.1. The molecule has 0 aliphatic rings. The topological polar surface area (TPSA) is 47.6 Å². The summed E-state index contributed by atoms with van der Waals surface area (Å²) in [4.78, 5) is 12.6. The molecule has 0 radical (unpaired) electrons. The van der Waals surface area contributed by atoms with E-state index in [-0.39, 0.29) is 5.91 Å². The van der Waals surface area contributed by atoms with E-state index < -0.39 is 6.10 Å². The van der Waals surface area contributed by atoms with Crippen molar-refractivity contribution in [3.05, 3.63) is 52.5 Å². The van der Waals surface area contributed by atoms with Crippen molar-refractivity contribution in [3.63, 3.8) is 0 Å². The molecule has 2 aromatic rings. The lowest BCUT2D eigenvalue weighted by Crippen LogP contribution is -2.32. The average molecular weight is 348 g/mol. The number of hydrogen-bond donors (Lipinski definition) is 1. The third-order valence-electron chi connectivity index (χ3n) is 3.68. The van der Waals surface area contributed by atoms with Crippen LogP contribution in [0.5, 0.6) is 11.5 Å². The van der Waals surface area contributed by atoms with Gasteiger partial charge in [-0.3, -0.25) is 4.79 Å². The second-order valence-electron chi connectivity index (χ2n) is 5.62. The van der Waals surface area contributed by atoms with E-state index >= 15 is 0 Å². The Morgan fingerprint density at radius 2 is 1.88 bits per heavy atom. The van der Waals surface area contributed by atoms with Crippen LogP contribution in [0.15, 0.2) is 36.4 Å². The number of rotatable bonds is 6. The van der Waals surface area contributed by atoms with E-state index in [0.717, 1.165) is 11.1 Å². The van der Waals surface area contributed by atoms with Gasteiger partial charge in [-0.25, -0.2) is 0 Å². The number of aryl methyl sites for hydroxylation is 2. The molecule has 1 amide bonds. The minimum Gasteiger partial charge on any atom is -0.495 e. The third-order valence-corrected chi connectivity index (χ3v) is 3.92. The summed E-state index contributed by atoms with van der Waals surface area (Å²) in [6.45, 7) is 5.89. The van der Waals surface area contributed by atoms with Crippen LogP contribution in [-0.2, 0) is 4.79 Å². The highest BCUT2D eigenvalue weighted by molar-refractivity contribution is 6.31. The second-order valence-corrected chi connectivity index (χ2v) is 6.05. The van der Waals surface area contributed by atoms with E-state index in [4.69, 9.17) is 21.1 Å². The number of carbonyl (C=O) groups excluding carboxylic acids is 1. The van der Waals surface area contributed by atoms with Crippen molar-refractivity contribution in [2.45, 2.75) is 33.3 Å². The van der Waals surface area contributed by atoms with Crippen molar-refractivity contribution >= 4 is 23.2 Å². The molecule has 0 heterocycles. The molecule has 0 spiro atoms. The van der Waals surface area contributed by atoms with Crippen LogP contribution >= 0.6 is 11.6 Å². The zero-order valence-corrected chi connectivity index (χ0v) is 15.1. The fourth-order valence-electron chi connectivity index (χ4n) is 2.40. The van der Waals surface area contributed by atoms with E-state index in [0.29, 0.717) is 28.6 Å². The average Bonchev–Trinajstić information content (AvgIpc) is 2.54. The van der Waals surface area contributed by atoms with Crippen LogP contribution in [-0.4, -0.2) is 19.1 Å². The molecular formula is C19H22ClNO3. The Labute approximate surface area is 147 Å². The van der Waals surface area contributed by atoms with Crippen LogP contribution < -0.4 is 14.8 Å². The Morgan fingerprint density at radius 3 is 2.50 bits per heavy atom. The quantitative estimate of drug-likeness (QED) is 0.819. The summed E-state index contributed by atoms with van der Waals surface area (Å²) in [5, 5.41) is 3.35. The van der Waals surface area contributed by atoms with Gasteiger partial charge in [-0.05, 0) is 50.1 Å². The predicted octanol–water partition coefficient (Wildman–Crippen LogP) is 4.76. The number of anilines is 1. The standard InChI is InChI=1S/C19H22ClNO3/c1-5-16(24-17-8-6-12(2)10-13(17)3)19(22)21-15-11-14(20)7-9-18(15)23-4/h6-11,16H,5H2,1-4H3,(H,21,22). The third kappa shape index (κ3) is 4.42. The van der Waals surface area contributed by atoms with E-state index in [1.165, 1.54) is 0 Å². The molecule has 0 saturated carbocycles. The monoisotopic (exact) mass is 347 g/mol. The largest absolute Gasteiger partial charge is 0.495 e. The number of benzene rings is 2. The normalized spacial score (nSPS) is 11.7. The maximum Gasteiger partial charge on any atom is 0.265 e. The van der Waals surface area contributed by atoms with Gasteiger partial charge in [-0.2, -0.15) is 0 Å². The minimum atomic E-state index is -0.602. The van der Waals surface area contributed by atoms with E-state index in [9.17, 15) is 4.79 Å². The van der Waals surface area contributed by atoms with Gasteiger partial charge in [0.1, 0.15) is 11.5 Å². The molecule has 128 valence electrons. The maximum atomic E-state index is 12.6. The molecule has 0 aliphatic heterocycles. The van der Waals surface area contributed by atoms with Crippen LogP contribution in [0, 0.1) is 13.8 Å². The fraction of sp³-hybridized carbons (Fsp3) is 0.316. The first-order chi connectivity index (χ1) is 11.4. The molecule has 0 aliphatic carbocycles. The number of hydrogen-bond acceptors (Lipinski definition) is 3. The van der Waals surface area contributed by atoms with Crippen LogP contribution in [0.25, 0.3) is 0 Å². The number of carbonyl (C=O) groups is 1. The summed E-state index contributed by atoms with van der Waals surface area (Å²) in [6.07, 6.45) is -0.0581. The van der Waals surface area contributed by atoms with Gasteiger partial charge in [0, 0.05) is 5.02 Å². The highest BCUT2D eigenvalue weighted by Gasteiger charge is 2.20. The van der Waals surface area contributed by atoms with Crippen molar-refractivity contribution in [1.29, 1.82) is 0 Å². The number of nitrogens with one attached hydrogen (secondary N) is 1. The Kier molecular flexibility index (Phi) is 6.10. The SMILES string of the molecule is CCC(Oc1ccc(C)cc1C)C(=O)Nc1cc(Cl)ccc1OC. The molecule has 5 heteroatoms. The van der Waals surface area contributed by atoms with Crippen LogP contribution in [0.3, 0.4) is 0 Å². The molecule has 1 unspecified atom stereocenters. The molecule has 1 N–H and O–H groups in total. The fourth-order valence-corrected chi connectivity index (χ4v) is 2.57. The van der Waals surface area contributed by atoms with Gasteiger partial charge in [-0.15, -0.1) is 0 Å². The molecule has 0 aromatic heterocycles. The molecule has 0 saturated heterocycles. The molecule has 2 rings (SSSR count). The number of ether oxygens (including phenoxy) is 2. The lowest BCUT2D eigenvalue weighted by molar-refractivity contribution is -0.122. The van der Waals surface area contributed by atoms with Crippen LogP contribution in [0.2, 0.25) is 5.02 Å². The molecule has 1 atom stereocenters. The molecule has 0 bridgehead atoms. The summed E-state index contributed by atoms with van der Waals surface area (Å²) in [5.74, 6) is 1.02. The summed E-state index contributed by atoms with van der Waals surface area (Å²) >= 11 is 6.00. The van der Waals surface area contributed by atoms with Crippen molar-refractivity contribution in [1.82, 2.24) is 0 Å². The first kappa shape index (κ1) is 18.1. The van der Waals surface area contributed by atoms with Gasteiger partial charge in [0.2, 0.25) is 0 Å². The van der Waals surface area contributed by atoms with Crippen molar-refractivity contribution < 1.29 is 14.3 Å². The Hall–Kier alpha value is -2.20.